The van der Waals surface area contributed by atoms with E-state index in [9.17, 15) is 28.5 Å². The summed E-state index contributed by atoms with van der Waals surface area (Å²) < 4.78 is 44.6. The second-order valence-corrected chi connectivity index (χ2v) is 13.7. The smallest absolute Gasteiger partial charge is 0.411 e. The lowest BCUT2D eigenvalue weighted by molar-refractivity contribution is -0.135. The lowest BCUT2D eigenvalue weighted by Crippen LogP contribution is -2.64. The van der Waals surface area contributed by atoms with Gasteiger partial charge in [0.25, 0.3) is 0 Å². The van der Waals surface area contributed by atoms with Crippen LogP contribution < -0.4 is 5.32 Å². The maximum atomic E-state index is 15.2. The molecule has 2 atom stereocenters. The van der Waals surface area contributed by atoms with Gasteiger partial charge >= 0.3 is 6.09 Å². The molecule has 0 radical (unpaired) electrons. The van der Waals surface area contributed by atoms with Gasteiger partial charge in [-0.25, -0.2) is 17.6 Å². The minimum atomic E-state index is -3.60. The predicted molar refractivity (Wildman–Crippen MR) is 149 cm³/mol. The summed E-state index contributed by atoms with van der Waals surface area (Å²) in [6, 6.07) is 10.5. The summed E-state index contributed by atoms with van der Waals surface area (Å²) in [6.45, 7) is 5.29. The van der Waals surface area contributed by atoms with Gasteiger partial charge in [-0.15, -0.1) is 0 Å². The number of hydrogen-bond donors (Lipinski definition) is 1. The van der Waals surface area contributed by atoms with Crippen LogP contribution in [-0.4, -0.2) is 55.3 Å². The van der Waals surface area contributed by atoms with Crippen LogP contribution in [0, 0.1) is 34.4 Å². The molecule has 1 N–H and O–H groups in total. The van der Waals surface area contributed by atoms with Crippen molar-refractivity contribution in [2.45, 2.75) is 81.5 Å². The van der Waals surface area contributed by atoms with E-state index in [1.807, 2.05) is 12.1 Å². The van der Waals surface area contributed by atoms with Gasteiger partial charge in [0.15, 0.2) is 9.84 Å². The molecule has 2 aromatic carbocycles. The summed E-state index contributed by atoms with van der Waals surface area (Å²) in [5, 5.41) is 21.9. The highest BCUT2D eigenvalue weighted by molar-refractivity contribution is 7.90. The third-order valence-electron chi connectivity index (χ3n) is 7.54. The van der Waals surface area contributed by atoms with Crippen LogP contribution in [0.5, 0.6) is 0 Å². The monoisotopic (exact) mass is 580 g/mol. The Labute approximate surface area is 239 Å². The van der Waals surface area contributed by atoms with Crippen molar-refractivity contribution in [3.63, 3.8) is 0 Å². The lowest BCUT2D eigenvalue weighted by atomic mass is 9.74. The normalized spacial score (nSPS) is 21.0. The van der Waals surface area contributed by atoms with Crippen molar-refractivity contribution in [3.05, 3.63) is 53.3 Å². The van der Waals surface area contributed by atoms with Crippen molar-refractivity contribution in [2.24, 2.45) is 5.92 Å². The molecule has 2 aliphatic heterocycles. The van der Waals surface area contributed by atoms with Gasteiger partial charge in [0.2, 0.25) is 5.91 Å². The van der Waals surface area contributed by atoms with Gasteiger partial charge in [0.05, 0.1) is 16.5 Å². The maximum absolute atomic E-state index is 15.2. The van der Waals surface area contributed by atoms with E-state index in [1.54, 1.807) is 26.8 Å². The highest BCUT2D eigenvalue weighted by atomic mass is 32.2. The van der Waals surface area contributed by atoms with Gasteiger partial charge in [0, 0.05) is 18.7 Å². The summed E-state index contributed by atoms with van der Waals surface area (Å²) in [7, 11) is -3.60. The molecule has 0 aromatic heterocycles. The molecule has 2 unspecified atom stereocenters. The summed E-state index contributed by atoms with van der Waals surface area (Å²) in [5.41, 5.74) is 0.312. The number of nitriles is 2. The highest BCUT2D eigenvalue weighted by Crippen LogP contribution is 2.40. The van der Waals surface area contributed by atoms with Crippen LogP contribution in [0.15, 0.2) is 41.3 Å². The molecule has 3 fully saturated rings. The van der Waals surface area contributed by atoms with Gasteiger partial charge < -0.3 is 10.1 Å². The van der Waals surface area contributed by atoms with Crippen LogP contribution in [-0.2, 0) is 25.8 Å². The minimum absolute atomic E-state index is 0.0430. The molecule has 1 saturated carbocycles. The van der Waals surface area contributed by atoms with Crippen molar-refractivity contribution in [2.75, 3.05) is 6.26 Å². The van der Waals surface area contributed by atoms with E-state index in [2.05, 4.69) is 5.32 Å². The Morgan fingerprint density at radius 3 is 2.29 bits per heavy atom. The number of amides is 2. The van der Waals surface area contributed by atoms with Gasteiger partial charge in [0.1, 0.15) is 29.6 Å². The van der Waals surface area contributed by atoms with Crippen molar-refractivity contribution >= 4 is 21.8 Å². The molecular weight excluding hydrogens is 547 g/mol. The molecule has 5 rings (SSSR count). The number of sulfone groups is 1. The minimum Gasteiger partial charge on any atom is -0.444 e. The maximum Gasteiger partial charge on any atom is 0.411 e. The van der Waals surface area contributed by atoms with Crippen LogP contribution >= 0.6 is 0 Å². The number of carbonyl (C=O) groups excluding carboxylic acids is 2. The molecule has 3 aliphatic rings. The average Bonchev–Trinajstić information content (AvgIpc) is 2.91. The van der Waals surface area contributed by atoms with E-state index >= 15 is 4.39 Å². The summed E-state index contributed by atoms with van der Waals surface area (Å²) in [4.78, 5) is 27.9. The molecule has 11 heteroatoms. The number of rotatable bonds is 6. The lowest BCUT2D eigenvalue weighted by Gasteiger charge is -2.50. The number of benzene rings is 2. The first-order chi connectivity index (χ1) is 19.2. The first kappa shape index (κ1) is 30.0. The Bertz CT molecular complexity index is 1550. The van der Waals surface area contributed by atoms with Crippen LogP contribution in [0.1, 0.15) is 57.6 Å². The van der Waals surface area contributed by atoms with E-state index in [4.69, 9.17) is 4.74 Å². The highest BCUT2D eigenvalue weighted by Gasteiger charge is 2.49. The number of fused-ring (bicyclic) bond motifs is 3. The first-order valence-corrected chi connectivity index (χ1v) is 15.4. The number of ether oxygens (including phenoxy) is 1. The fraction of sp³-hybridized carbons (Fsp3) is 0.467. The van der Waals surface area contributed by atoms with E-state index in [-0.39, 0.29) is 34.4 Å². The standard InChI is InChI=1S/C30H33FN4O5S/c1-30(2,3)40-29(37)35-24-10-7-18(8-11-24)27(35)28(36)34-23(17-33)14-21-6-5-20(15-25(21)31)19-9-12-26(41(4,38)39)22(13-19)16-32/h5-6,9,12-13,15,18,23-24,27H,7-8,10-11,14H2,1-4H3,(H,34,36). The van der Waals surface area contributed by atoms with E-state index < -0.39 is 45.3 Å². The zero-order chi connectivity index (χ0) is 30.1. The van der Waals surface area contributed by atoms with Gasteiger partial charge in [-0.05, 0) is 87.3 Å². The summed E-state index contributed by atoms with van der Waals surface area (Å²) >= 11 is 0. The zero-order valence-corrected chi connectivity index (χ0v) is 24.3. The third-order valence-corrected chi connectivity index (χ3v) is 8.69. The molecule has 2 amide bonds. The van der Waals surface area contributed by atoms with Crippen LogP contribution in [0.3, 0.4) is 0 Å². The largest absolute Gasteiger partial charge is 0.444 e. The average molecular weight is 581 g/mol. The fourth-order valence-electron chi connectivity index (χ4n) is 5.69. The van der Waals surface area contributed by atoms with Crippen molar-refractivity contribution < 1.29 is 27.1 Å². The second kappa shape index (κ2) is 11.5. The second-order valence-electron chi connectivity index (χ2n) is 11.7. The zero-order valence-electron chi connectivity index (χ0n) is 23.5. The van der Waals surface area contributed by atoms with Gasteiger partial charge in [-0.2, -0.15) is 10.5 Å². The predicted octanol–water partition coefficient (Wildman–Crippen LogP) is 4.50. The number of nitrogens with one attached hydrogen (secondary N) is 1. The van der Waals surface area contributed by atoms with Crippen LogP contribution in [0.2, 0.25) is 0 Å². The van der Waals surface area contributed by atoms with Crippen molar-refractivity contribution in [1.29, 1.82) is 10.5 Å². The molecule has 216 valence electrons. The quantitative estimate of drug-likeness (QED) is 0.531. The Morgan fingerprint density at radius 1 is 1.10 bits per heavy atom. The molecule has 0 spiro atoms. The first-order valence-electron chi connectivity index (χ1n) is 13.5. The number of nitrogens with zero attached hydrogens (tertiary/aromatic N) is 3. The van der Waals surface area contributed by atoms with Crippen molar-refractivity contribution in [3.8, 4) is 23.3 Å². The molecule has 2 heterocycles. The van der Waals surface area contributed by atoms with Gasteiger partial charge in [-0.3, -0.25) is 9.69 Å². The third kappa shape index (κ3) is 6.68. The molecule has 1 aliphatic carbocycles. The molecular formula is C30H33FN4O5S. The Kier molecular flexibility index (Phi) is 8.41. The molecule has 41 heavy (non-hydrogen) atoms. The number of hydrogen-bond acceptors (Lipinski definition) is 7. The van der Waals surface area contributed by atoms with Crippen molar-refractivity contribution in [1.82, 2.24) is 10.2 Å². The van der Waals surface area contributed by atoms with E-state index in [1.165, 1.54) is 35.2 Å². The Morgan fingerprint density at radius 2 is 1.73 bits per heavy atom. The van der Waals surface area contributed by atoms with Crippen LogP contribution in [0.25, 0.3) is 11.1 Å². The summed E-state index contributed by atoms with van der Waals surface area (Å²) in [5.74, 6) is -1.12. The SMILES string of the molecule is CC(C)(C)OC(=O)N1C2CCC(CC2)C1C(=O)NC(C#N)Cc1ccc(-c2ccc(S(C)(=O)=O)c(C#N)c2)cc1F. The Hall–Kier alpha value is -3.96. The fourth-order valence-corrected chi connectivity index (χ4v) is 6.51. The number of halogens is 1. The van der Waals surface area contributed by atoms with Crippen LogP contribution in [0.4, 0.5) is 9.18 Å². The summed E-state index contributed by atoms with van der Waals surface area (Å²) in [6.07, 6.45) is 3.54. The molecule has 9 nitrogen and oxygen atoms in total. The number of piperidine rings is 2. The molecule has 2 aromatic rings. The molecule has 2 bridgehead atoms. The van der Waals surface area contributed by atoms with E-state index in [0.717, 1.165) is 31.9 Å². The topological polar surface area (TPSA) is 140 Å². The van der Waals surface area contributed by atoms with E-state index in [0.29, 0.717) is 11.1 Å². The molecule has 2 saturated heterocycles. The number of carbonyl (C=O) groups is 2. The Balaban J connectivity index is 1.50. The van der Waals surface area contributed by atoms with Gasteiger partial charge in [-0.1, -0.05) is 18.2 Å².